The van der Waals surface area contributed by atoms with Crippen LogP contribution in [0.1, 0.15) is 25.0 Å². The van der Waals surface area contributed by atoms with Gasteiger partial charge in [-0.1, -0.05) is 80.6 Å². The van der Waals surface area contributed by atoms with Crippen molar-refractivity contribution in [3.63, 3.8) is 0 Å². The maximum Gasteiger partial charge on any atom is 0.241 e. The van der Waals surface area contributed by atoms with E-state index in [0.717, 1.165) is 11.3 Å². The lowest BCUT2D eigenvalue weighted by atomic mass is 9.75. The van der Waals surface area contributed by atoms with E-state index in [0.29, 0.717) is 6.54 Å². The predicted molar refractivity (Wildman–Crippen MR) is 102 cm³/mol. The highest BCUT2D eigenvalue weighted by atomic mass is 16.2. The van der Waals surface area contributed by atoms with Crippen LogP contribution in [0.15, 0.2) is 72.8 Å². The summed E-state index contributed by atoms with van der Waals surface area (Å²) in [6, 6.07) is 18.6. The minimum Gasteiger partial charge on any atom is -0.335 e. The molecule has 1 amide bonds. The number of allylic oxidation sites excluding steroid dienone is 2. The largest absolute Gasteiger partial charge is 0.335 e. The molecule has 126 valence electrons. The maximum atomic E-state index is 12.2. The van der Waals surface area contributed by atoms with Gasteiger partial charge in [0.05, 0.1) is 6.54 Å². The first-order chi connectivity index (χ1) is 12.0. The third-order valence-electron chi connectivity index (χ3n) is 5.42. The van der Waals surface area contributed by atoms with Gasteiger partial charge in [0.15, 0.2) is 0 Å². The zero-order chi connectivity index (χ0) is 17.5. The van der Waals surface area contributed by atoms with Crippen molar-refractivity contribution in [2.75, 3.05) is 11.4 Å². The summed E-state index contributed by atoms with van der Waals surface area (Å²) in [6.07, 6.45) is 8.27. The van der Waals surface area contributed by atoms with Crippen LogP contribution in [0.3, 0.4) is 0 Å². The van der Waals surface area contributed by atoms with Crippen molar-refractivity contribution in [1.82, 2.24) is 5.32 Å². The van der Waals surface area contributed by atoms with E-state index in [2.05, 4.69) is 66.5 Å². The van der Waals surface area contributed by atoms with Gasteiger partial charge in [-0.25, -0.2) is 0 Å². The van der Waals surface area contributed by atoms with Crippen molar-refractivity contribution in [3.05, 3.63) is 84.0 Å². The Kier molecular flexibility index (Phi) is 3.53. The molecule has 0 aliphatic carbocycles. The molecular formula is C22H22N2O. The van der Waals surface area contributed by atoms with Crippen LogP contribution < -0.4 is 10.2 Å². The molecule has 0 spiro atoms. The van der Waals surface area contributed by atoms with Gasteiger partial charge in [-0.05, 0) is 23.3 Å². The Balaban J connectivity index is 1.70. The van der Waals surface area contributed by atoms with E-state index in [1.54, 1.807) is 0 Å². The Morgan fingerprint density at radius 1 is 1.00 bits per heavy atom. The highest BCUT2D eigenvalue weighted by molar-refractivity contribution is 5.91. The molecule has 3 heteroatoms. The number of amides is 1. The zero-order valence-corrected chi connectivity index (χ0v) is 14.6. The molecule has 2 aliphatic heterocycles. The molecule has 0 bridgehead atoms. The highest BCUT2D eigenvalue weighted by Crippen LogP contribution is 2.52. The number of anilines is 1. The van der Waals surface area contributed by atoms with Crippen molar-refractivity contribution >= 4 is 17.7 Å². The first kappa shape index (κ1) is 15.7. The van der Waals surface area contributed by atoms with Crippen LogP contribution in [0, 0.1) is 0 Å². The minimum absolute atomic E-state index is 0.0688. The minimum atomic E-state index is -0.519. The molecule has 1 saturated heterocycles. The molecule has 4 rings (SSSR count). The summed E-state index contributed by atoms with van der Waals surface area (Å²) in [5.74, 6) is 0.0688. The highest BCUT2D eigenvalue weighted by Gasteiger charge is 2.59. The lowest BCUT2D eigenvalue weighted by Gasteiger charge is -2.40. The molecule has 1 atom stereocenters. The topological polar surface area (TPSA) is 32.3 Å². The Morgan fingerprint density at radius 2 is 1.72 bits per heavy atom. The van der Waals surface area contributed by atoms with Crippen LogP contribution in [0.2, 0.25) is 0 Å². The third-order valence-corrected chi connectivity index (χ3v) is 5.42. The fourth-order valence-electron chi connectivity index (χ4n) is 4.07. The molecule has 0 radical (unpaired) electrons. The number of carbonyl (C=O) groups is 1. The lowest BCUT2D eigenvalue weighted by molar-refractivity contribution is -0.118. The molecule has 3 nitrogen and oxygen atoms in total. The van der Waals surface area contributed by atoms with Gasteiger partial charge in [0.1, 0.15) is 5.66 Å². The van der Waals surface area contributed by atoms with Gasteiger partial charge in [-0.2, -0.15) is 0 Å². The van der Waals surface area contributed by atoms with Crippen molar-refractivity contribution in [3.8, 4) is 0 Å². The molecule has 2 heterocycles. The number of benzene rings is 2. The van der Waals surface area contributed by atoms with E-state index in [4.69, 9.17) is 0 Å². The first-order valence-corrected chi connectivity index (χ1v) is 8.64. The average Bonchev–Trinajstić information content (AvgIpc) is 3.05. The van der Waals surface area contributed by atoms with Crippen molar-refractivity contribution in [2.45, 2.75) is 24.9 Å². The van der Waals surface area contributed by atoms with Crippen LogP contribution >= 0.6 is 0 Å². The normalized spacial score (nSPS) is 23.9. The number of fused-ring (bicyclic) bond motifs is 3. The fraction of sp³-hybridized carbons (Fsp3) is 0.227. The lowest BCUT2D eigenvalue weighted by Crippen LogP contribution is -2.58. The summed E-state index contributed by atoms with van der Waals surface area (Å²) in [5.41, 5.74) is 2.84. The second-order valence-electron chi connectivity index (χ2n) is 7.17. The number of rotatable bonds is 3. The van der Waals surface area contributed by atoms with Crippen molar-refractivity contribution in [2.24, 2.45) is 0 Å². The average molecular weight is 330 g/mol. The number of hydrogen-bond donors (Lipinski definition) is 1. The van der Waals surface area contributed by atoms with Gasteiger partial charge in [-0.3, -0.25) is 4.79 Å². The summed E-state index contributed by atoms with van der Waals surface area (Å²) < 4.78 is 0. The van der Waals surface area contributed by atoms with Crippen LogP contribution in [0.4, 0.5) is 5.69 Å². The Morgan fingerprint density at radius 3 is 2.52 bits per heavy atom. The SMILES string of the molecule is CC1(C)c2ccccc2N2CC(=O)NC21/C=C/C=C/c1ccccc1. The molecule has 1 unspecified atom stereocenters. The third kappa shape index (κ3) is 2.30. The quantitative estimate of drug-likeness (QED) is 0.866. The molecule has 0 saturated carbocycles. The molecular weight excluding hydrogens is 308 g/mol. The van der Waals surface area contributed by atoms with Gasteiger partial charge >= 0.3 is 0 Å². The monoisotopic (exact) mass is 330 g/mol. The molecule has 1 fully saturated rings. The van der Waals surface area contributed by atoms with Crippen LogP contribution in [-0.4, -0.2) is 18.1 Å². The van der Waals surface area contributed by atoms with Crippen LogP contribution in [0.5, 0.6) is 0 Å². The van der Waals surface area contributed by atoms with Crippen molar-refractivity contribution < 1.29 is 4.79 Å². The smallest absolute Gasteiger partial charge is 0.241 e. The fourth-order valence-corrected chi connectivity index (χ4v) is 4.07. The Hall–Kier alpha value is -2.81. The van der Waals surface area contributed by atoms with E-state index in [1.165, 1.54) is 5.56 Å². The molecule has 0 aromatic heterocycles. The molecule has 2 aromatic rings. The second kappa shape index (κ2) is 5.62. The standard InChI is InChI=1S/C22H22N2O/c1-21(2)18-13-6-7-14-19(18)24-16-20(25)23-22(21,24)15-9-8-12-17-10-4-3-5-11-17/h3-15H,16H2,1-2H3,(H,23,25)/b12-8+,15-9+. The number of carbonyl (C=O) groups excluding carboxylic acids is 1. The summed E-state index contributed by atoms with van der Waals surface area (Å²) >= 11 is 0. The Bertz CT molecular complexity index is 867. The number of para-hydroxylation sites is 1. The summed E-state index contributed by atoms with van der Waals surface area (Å²) in [6.45, 7) is 4.79. The summed E-state index contributed by atoms with van der Waals surface area (Å²) in [7, 11) is 0. The van der Waals surface area contributed by atoms with E-state index >= 15 is 0 Å². The van der Waals surface area contributed by atoms with E-state index in [9.17, 15) is 4.79 Å². The maximum absolute atomic E-state index is 12.2. The number of nitrogens with one attached hydrogen (secondary N) is 1. The van der Waals surface area contributed by atoms with E-state index in [-0.39, 0.29) is 11.3 Å². The van der Waals surface area contributed by atoms with Crippen LogP contribution in [0.25, 0.3) is 6.08 Å². The zero-order valence-electron chi connectivity index (χ0n) is 14.6. The summed E-state index contributed by atoms with van der Waals surface area (Å²) in [4.78, 5) is 14.4. The van der Waals surface area contributed by atoms with Gasteiger partial charge in [0.25, 0.3) is 0 Å². The van der Waals surface area contributed by atoms with Gasteiger partial charge in [0.2, 0.25) is 5.91 Å². The van der Waals surface area contributed by atoms with E-state index < -0.39 is 5.66 Å². The Labute approximate surface area is 148 Å². The van der Waals surface area contributed by atoms with Crippen molar-refractivity contribution in [1.29, 1.82) is 0 Å². The van der Waals surface area contributed by atoms with Crippen LogP contribution in [-0.2, 0) is 10.2 Å². The molecule has 1 N–H and O–H groups in total. The van der Waals surface area contributed by atoms with E-state index in [1.807, 2.05) is 36.4 Å². The number of nitrogens with zero attached hydrogens (tertiary/aromatic N) is 1. The van der Waals surface area contributed by atoms with Gasteiger partial charge in [-0.15, -0.1) is 0 Å². The molecule has 25 heavy (non-hydrogen) atoms. The molecule has 2 aliphatic rings. The van der Waals surface area contributed by atoms with Gasteiger partial charge in [0, 0.05) is 11.1 Å². The second-order valence-corrected chi connectivity index (χ2v) is 7.17. The first-order valence-electron chi connectivity index (χ1n) is 8.64. The number of hydrogen-bond acceptors (Lipinski definition) is 2. The predicted octanol–water partition coefficient (Wildman–Crippen LogP) is 3.88. The summed E-state index contributed by atoms with van der Waals surface area (Å²) in [5, 5.41) is 3.23. The molecule has 2 aromatic carbocycles. The van der Waals surface area contributed by atoms with Gasteiger partial charge < -0.3 is 10.2 Å².